The van der Waals surface area contributed by atoms with Crippen LogP contribution in [-0.4, -0.2) is 101 Å². The molecule has 3 aromatic heterocycles. The Kier molecular flexibility index (Phi) is 16.1. The smallest absolute Gasteiger partial charge is 0.435 e. The van der Waals surface area contributed by atoms with Crippen molar-refractivity contribution in [1.82, 2.24) is 29.9 Å². The number of nitrogens with zero attached hydrogens (tertiary/aromatic N) is 6. The maximum Gasteiger partial charge on any atom is 0.435 e. The summed E-state index contributed by atoms with van der Waals surface area (Å²) in [5.74, 6) is -8.79. The summed E-state index contributed by atoms with van der Waals surface area (Å²) in [6, 6.07) is 4.35. The Labute approximate surface area is 453 Å². The highest BCUT2D eigenvalue weighted by Gasteiger charge is 2.68. The second kappa shape index (κ2) is 21.3. The molecular weight excluding hydrogens is 1150 g/mol. The summed E-state index contributed by atoms with van der Waals surface area (Å²) in [7, 11) is -9.00. The van der Waals surface area contributed by atoms with Crippen LogP contribution in [0, 0.1) is 29.4 Å². The molecule has 80 heavy (non-hydrogen) atoms. The molecule has 0 bridgehead atoms. The quantitative estimate of drug-likeness (QED) is 0.0341. The summed E-state index contributed by atoms with van der Waals surface area (Å²) in [5, 5.41) is 8.26. The monoisotopic (exact) mass is 1200 g/mol. The number of carbonyl (C=O) groups excluding carboxylic acids is 4. The summed E-state index contributed by atoms with van der Waals surface area (Å²) in [6.07, 6.45) is -11.0. The van der Waals surface area contributed by atoms with Crippen LogP contribution in [0.15, 0.2) is 54.6 Å². The zero-order valence-electron chi connectivity index (χ0n) is 42.6. The summed E-state index contributed by atoms with van der Waals surface area (Å²) in [5.41, 5.74) is -7.40. The molecule has 31 heteroatoms. The van der Waals surface area contributed by atoms with Gasteiger partial charge in [0.15, 0.2) is 21.3 Å². The molecular formula is C49H44ClF10N7O11S2. The van der Waals surface area contributed by atoms with E-state index < -0.39 is 178 Å². The van der Waals surface area contributed by atoms with Crippen LogP contribution in [0.4, 0.5) is 54.5 Å². The number of esters is 2. The van der Waals surface area contributed by atoms with Crippen LogP contribution >= 0.6 is 11.6 Å². The van der Waals surface area contributed by atoms with Crippen molar-refractivity contribution >= 4 is 72.1 Å². The van der Waals surface area contributed by atoms with Gasteiger partial charge in [-0.2, -0.15) is 49.6 Å². The number of halogens is 11. The van der Waals surface area contributed by atoms with Gasteiger partial charge in [-0.3, -0.25) is 14.2 Å². The van der Waals surface area contributed by atoms with Gasteiger partial charge in [0, 0.05) is 47.1 Å². The third-order valence-corrected chi connectivity index (χ3v) is 15.4. The minimum Gasteiger partial charge on any atom is -0.457 e. The molecule has 1 N–H and O–H groups in total. The zero-order valence-corrected chi connectivity index (χ0v) is 45.0. The number of aromatic nitrogens is 5. The predicted molar refractivity (Wildman–Crippen MR) is 262 cm³/mol. The lowest BCUT2D eigenvalue weighted by Crippen LogP contribution is -2.37. The maximum atomic E-state index is 15.6. The van der Waals surface area contributed by atoms with E-state index in [0.717, 1.165) is 42.7 Å². The number of alkyl halides is 8. The van der Waals surface area contributed by atoms with Crippen molar-refractivity contribution < 1.29 is 94.1 Å². The highest BCUT2D eigenvalue weighted by atomic mass is 35.5. The van der Waals surface area contributed by atoms with Crippen LogP contribution in [0.1, 0.15) is 86.9 Å². The fourth-order valence-corrected chi connectivity index (χ4v) is 9.73. The fraction of sp³-hybridized carbons (Fsp3) is 0.408. The zero-order chi connectivity index (χ0) is 59.6. The number of sulfone groups is 1. The highest BCUT2D eigenvalue weighted by molar-refractivity contribution is 7.93. The average Bonchev–Trinajstić information content (AvgIpc) is 3.81. The number of anilines is 1. The first-order chi connectivity index (χ1) is 36.7. The van der Waals surface area contributed by atoms with Gasteiger partial charge in [0.25, 0.3) is 5.92 Å². The molecule has 0 spiro atoms. The second-order valence-corrected chi connectivity index (χ2v) is 24.7. The van der Waals surface area contributed by atoms with E-state index in [4.69, 9.17) is 25.8 Å². The Morgan fingerprint density at radius 1 is 0.887 bits per heavy atom. The number of fused-ring (bicyclic) bond motifs is 4. The number of ether oxygens (including phenoxy) is 3. The van der Waals surface area contributed by atoms with Crippen LogP contribution < -0.4 is 9.62 Å². The second-order valence-electron chi connectivity index (χ2n) is 19.9. The Hall–Kier alpha value is -7.26. The lowest BCUT2D eigenvalue weighted by Gasteiger charge is -2.23. The van der Waals surface area contributed by atoms with Gasteiger partial charge >= 0.3 is 30.4 Å². The summed E-state index contributed by atoms with van der Waals surface area (Å²) >= 11 is 6.62. The molecule has 3 atom stereocenters. The largest absolute Gasteiger partial charge is 0.457 e. The molecule has 5 aromatic rings. The molecule has 0 saturated heterocycles. The van der Waals surface area contributed by atoms with Gasteiger partial charge in [-0.1, -0.05) is 23.6 Å². The van der Waals surface area contributed by atoms with Crippen molar-refractivity contribution in [2.75, 3.05) is 23.6 Å². The topological polar surface area (TPSA) is 228 Å². The molecule has 2 aliphatic carbocycles. The Balaban J connectivity index is 1.41. The van der Waals surface area contributed by atoms with Crippen molar-refractivity contribution in [2.24, 2.45) is 5.92 Å². The molecule has 2 aliphatic rings. The first kappa shape index (κ1) is 60.4. The van der Waals surface area contributed by atoms with Gasteiger partial charge in [-0.15, -0.1) is 0 Å². The number of carbonyl (C=O) groups is 4. The Bertz CT molecular complexity index is 3680. The van der Waals surface area contributed by atoms with E-state index in [2.05, 4.69) is 32.3 Å². The Morgan fingerprint density at radius 2 is 1.51 bits per heavy atom. The van der Waals surface area contributed by atoms with E-state index in [0.29, 0.717) is 24.5 Å². The van der Waals surface area contributed by atoms with E-state index in [1.807, 2.05) is 0 Å². The maximum absolute atomic E-state index is 15.6. The highest BCUT2D eigenvalue weighted by Crippen LogP contribution is 2.68. The molecule has 430 valence electrons. The van der Waals surface area contributed by atoms with Crippen molar-refractivity contribution in [2.45, 2.75) is 101 Å². The molecule has 3 heterocycles. The van der Waals surface area contributed by atoms with Gasteiger partial charge < -0.3 is 19.5 Å². The fourth-order valence-electron chi connectivity index (χ4n) is 8.50. The molecule has 0 unspecified atom stereocenters. The normalized spacial score (nSPS) is 16.6. The Morgan fingerprint density at radius 3 is 2.10 bits per heavy atom. The lowest BCUT2D eigenvalue weighted by atomic mass is 9.93. The van der Waals surface area contributed by atoms with Crippen LogP contribution in [0.25, 0.3) is 22.0 Å². The van der Waals surface area contributed by atoms with Crippen molar-refractivity contribution in [3.05, 3.63) is 105 Å². The molecule has 1 saturated carbocycles. The van der Waals surface area contributed by atoms with Crippen LogP contribution in [0.3, 0.4) is 0 Å². The minimum absolute atomic E-state index is 0.155. The number of nitrogens with one attached hydrogen (secondary N) is 1. The molecule has 2 amide bonds. The number of rotatable bonds is 15. The number of hydrogen-bond donors (Lipinski definition) is 1. The summed E-state index contributed by atoms with van der Waals surface area (Å²) < 4.78 is 213. The first-order valence-electron chi connectivity index (χ1n) is 23.2. The standard InChI is InChI=1S/C49H44ClF10N7O11S2/c1-45(2,3)78-36(70)13-12-35(69)76-23-77-44(71)67(80(7,74)75)43-38-32(50)11-10-29(40(38)66(64-43)22-47(53,54)55)28-9-8-27(14-15-46(4,5)79(6,72)73)61-39(28)33(18-24-16-25(51)19-26(52)17-24)62-34(68)21-65-42-37(41(63-65)49(58,59)60)30-20-31(30)48(42,56)57/h8-13,16-17,19,30-31,33H,18,20-23H2,1-7H3,(H,62,68)/b13-12+/t30-,31+,33-/m0/s1. The van der Waals surface area contributed by atoms with Gasteiger partial charge in [0.2, 0.25) is 22.7 Å². The third kappa shape index (κ3) is 13.3. The van der Waals surface area contributed by atoms with E-state index in [9.17, 15) is 71.1 Å². The molecule has 18 nitrogen and oxygen atoms in total. The van der Waals surface area contributed by atoms with E-state index in [1.54, 1.807) is 0 Å². The number of sulfonamides is 1. The predicted octanol–water partition coefficient (Wildman–Crippen LogP) is 8.59. The van der Waals surface area contributed by atoms with Crippen molar-refractivity contribution in [3.8, 4) is 23.0 Å². The summed E-state index contributed by atoms with van der Waals surface area (Å²) in [4.78, 5) is 56.7. The van der Waals surface area contributed by atoms with Crippen LogP contribution in [0.2, 0.25) is 5.02 Å². The SMILES string of the molecule is CC(C)(C)OC(=O)/C=C/C(=O)OCOC(=O)N(c1nn(CC(F)(F)F)c2c(-c3ccc(C#CC(C)(C)S(C)(=O)=O)nc3[C@H](Cc3cc(F)cc(F)c3)NC(=O)Cn3nc(C(F)(F)F)c4c3C(F)(F)[C@@H]3C[C@H]43)ccc(Cl)c12)S(C)(=O)=O. The summed E-state index contributed by atoms with van der Waals surface area (Å²) in [6.45, 7) is 2.21. The molecule has 0 aliphatic heterocycles. The minimum atomic E-state index is -5.26. The lowest BCUT2D eigenvalue weighted by molar-refractivity contribution is -0.150. The third-order valence-electron chi connectivity index (χ3n) is 12.1. The van der Waals surface area contributed by atoms with E-state index >= 15 is 8.78 Å². The average molecular weight is 1200 g/mol. The van der Waals surface area contributed by atoms with Gasteiger partial charge in [0.1, 0.15) is 46.5 Å². The van der Waals surface area contributed by atoms with Gasteiger partial charge in [-0.05, 0) is 95.2 Å². The van der Waals surface area contributed by atoms with E-state index in [1.165, 1.54) is 34.6 Å². The number of benzene rings is 2. The van der Waals surface area contributed by atoms with Gasteiger partial charge in [-0.25, -0.2) is 45.0 Å². The van der Waals surface area contributed by atoms with Crippen molar-refractivity contribution in [1.29, 1.82) is 0 Å². The van der Waals surface area contributed by atoms with Gasteiger partial charge in [0.05, 0.1) is 33.9 Å². The number of amides is 2. The van der Waals surface area contributed by atoms with Crippen molar-refractivity contribution in [3.63, 3.8) is 0 Å². The number of pyridine rings is 1. The first-order valence-corrected chi connectivity index (χ1v) is 27.3. The molecule has 1 fully saturated rings. The molecule has 7 rings (SSSR count). The van der Waals surface area contributed by atoms with E-state index in [-0.39, 0.29) is 36.9 Å². The molecule has 2 aromatic carbocycles. The van der Waals surface area contributed by atoms with Crippen LogP contribution in [0.5, 0.6) is 0 Å². The number of hydrogen-bond acceptors (Lipinski definition) is 14. The molecule has 0 radical (unpaired) electrons. The van der Waals surface area contributed by atoms with Crippen LogP contribution in [-0.2, 0) is 80.1 Å².